The van der Waals surface area contributed by atoms with E-state index < -0.39 is 0 Å². The molecule has 0 radical (unpaired) electrons. The normalized spacial score (nSPS) is 10.7. The second-order valence-corrected chi connectivity index (χ2v) is 6.58. The number of alkyl halides is 1. The molecule has 0 amide bonds. The van der Waals surface area contributed by atoms with E-state index in [2.05, 4.69) is 29.8 Å². The van der Waals surface area contributed by atoms with Gasteiger partial charge in [-0.1, -0.05) is 60.1 Å². The van der Waals surface area contributed by atoms with Crippen LogP contribution < -0.4 is 9.47 Å². The largest absolute Gasteiger partial charge is 0.493 e. The topological polar surface area (TPSA) is 35.5 Å². The molecule has 128 valence electrons. The lowest BCUT2D eigenvalue weighted by Gasteiger charge is -2.13. The third-order valence-corrected chi connectivity index (χ3v) is 4.09. The van der Waals surface area contributed by atoms with Gasteiger partial charge >= 0.3 is 0 Å². The van der Waals surface area contributed by atoms with E-state index in [0.717, 1.165) is 17.7 Å². The van der Waals surface area contributed by atoms with E-state index in [1.807, 2.05) is 36.4 Å². The Morgan fingerprint density at radius 2 is 1.83 bits per heavy atom. The number of carbonyl (C=O) groups excluding carboxylic acids is 1. The summed E-state index contributed by atoms with van der Waals surface area (Å²) in [6.07, 6.45) is 0.988. The zero-order valence-corrected chi connectivity index (χ0v) is 15.7. The predicted molar refractivity (Wildman–Crippen MR) is 100 cm³/mol. The molecule has 0 aliphatic carbocycles. The summed E-state index contributed by atoms with van der Waals surface area (Å²) >= 11 is 3.22. The van der Waals surface area contributed by atoms with E-state index in [4.69, 9.17) is 9.47 Å². The first-order valence-electron chi connectivity index (χ1n) is 8.13. The van der Waals surface area contributed by atoms with E-state index >= 15 is 0 Å². The average molecular weight is 391 g/mol. The Kier molecular flexibility index (Phi) is 7.32. The van der Waals surface area contributed by atoms with Crippen LogP contribution in [0, 0.1) is 5.92 Å². The van der Waals surface area contributed by atoms with Gasteiger partial charge in [-0.15, -0.1) is 0 Å². The van der Waals surface area contributed by atoms with Gasteiger partial charge in [0, 0.05) is 6.07 Å². The molecule has 2 aromatic rings. The van der Waals surface area contributed by atoms with Crippen molar-refractivity contribution >= 4 is 21.7 Å². The van der Waals surface area contributed by atoms with Crippen molar-refractivity contribution in [2.24, 2.45) is 5.92 Å². The van der Waals surface area contributed by atoms with Crippen molar-refractivity contribution in [2.75, 3.05) is 11.9 Å². The first kappa shape index (κ1) is 18.5. The van der Waals surface area contributed by atoms with Crippen LogP contribution in [0.2, 0.25) is 0 Å². The predicted octanol–water partition coefficient (Wildman–Crippen LogP) is 5.27. The van der Waals surface area contributed by atoms with Crippen molar-refractivity contribution in [3.05, 3.63) is 59.7 Å². The molecule has 0 unspecified atom stereocenters. The molecule has 0 spiro atoms. The minimum atomic E-state index is -0.00760. The van der Waals surface area contributed by atoms with Gasteiger partial charge in [0.1, 0.15) is 18.1 Å². The summed E-state index contributed by atoms with van der Waals surface area (Å²) in [6, 6.07) is 15.3. The monoisotopic (exact) mass is 390 g/mol. The molecule has 3 nitrogen and oxygen atoms in total. The van der Waals surface area contributed by atoms with Crippen molar-refractivity contribution in [3.63, 3.8) is 0 Å². The first-order chi connectivity index (χ1) is 11.6. The number of halogens is 1. The highest BCUT2D eigenvalue weighted by Gasteiger charge is 2.13. The molecular weight excluding hydrogens is 368 g/mol. The summed E-state index contributed by atoms with van der Waals surface area (Å²) in [5, 5.41) is 0.266. The van der Waals surface area contributed by atoms with Crippen LogP contribution in [-0.4, -0.2) is 17.7 Å². The first-order valence-corrected chi connectivity index (χ1v) is 9.25. The number of hydrogen-bond donors (Lipinski definition) is 0. The van der Waals surface area contributed by atoms with Crippen molar-refractivity contribution in [1.29, 1.82) is 0 Å². The van der Waals surface area contributed by atoms with Crippen LogP contribution in [0.4, 0.5) is 0 Å². The van der Waals surface area contributed by atoms with Gasteiger partial charge in [-0.2, -0.15) is 0 Å². The standard InChI is InChI=1S/C20H23BrO3/c1-15(2)10-11-23-17-8-9-18(19(22)13-21)20(12-17)24-14-16-6-4-3-5-7-16/h3-9,12,15H,10-11,13-14H2,1-2H3. The molecule has 0 atom stereocenters. The number of benzene rings is 2. The average Bonchev–Trinajstić information content (AvgIpc) is 2.60. The zero-order chi connectivity index (χ0) is 17.4. The Bertz CT molecular complexity index is 653. The quantitative estimate of drug-likeness (QED) is 0.432. The number of ether oxygens (including phenoxy) is 2. The van der Waals surface area contributed by atoms with Crippen molar-refractivity contribution in [2.45, 2.75) is 26.9 Å². The highest BCUT2D eigenvalue weighted by Crippen LogP contribution is 2.27. The Labute approximate surface area is 152 Å². The van der Waals surface area contributed by atoms with E-state index in [-0.39, 0.29) is 11.1 Å². The molecule has 0 saturated heterocycles. The Hall–Kier alpha value is -1.81. The SMILES string of the molecule is CC(C)CCOc1ccc(C(=O)CBr)c(OCc2ccccc2)c1. The molecule has 0 aromatic heterocycles. The van der Waals surface area contributed by atoms with E-state index in [1.54, 1.807) is 12.1 Å². The fraction of sp³-hybridized carbons (Fsp3) is 0.350. The van der Waals surface area contributed by atoms with Crippen molar-refractivity contribution in [1.82, 2.24) is 0 Å². The lowest BCUT2D eigenvalue weighted by atomic mass is 10.1. The highest BCUT2D eigenvalue weighted by molar-refractivity contribution is 9.09. The minimum Gasteiger partial charge on any atom is -0.493 e. The zero-order valence-electron chi connectivity index (χ0n) is 14.1. The Balaban J connectivity index is 2.12. The molecule has 0 heterocycles. The Morgan fingerprint density at radius 1 is 1.08 bits per heavy atom. The maximum absolute atomic E-state index is 12.1. The lowest BCUT2D eigenvalue weighted by Crippen LogP contribution is -2.07. The van der Waals surface area contributed by atoms with Crippen LogP contribution in [0.25, 0.3) is 0 Å². The van der Waals surface area contributed by atoms with E-state index in [9.17, 15) is 4.79 Å². The molecule has 4 heteroatoms. The van der Waals surface area contributed by atoms with E-state index in [1.165, 1.54) is 0 Å². The van der Waals surface area contributed by atoms with Crippen LogP contribution >= 0.6 is 15.9 Å². The van der Waals surface area contributed by atoms with Crippen LogP contribution in [0.5, 0.6) is 11.5 Å². The lowest BCUT2D eigenvalue weighted by molar-refractivity contribution is 0.101. The minimum absolute atomic E-state index is 0.00760. The van der Waals surface area contributed by atoms with Crippen molar-refractivity contribution in [3.8, 4) is 11.5 Å². The fourth-order valence-corrected chi connectivity index (χ4v) is 2.46. The second-order valence-electron chi connectivity index (χ2n) is 6.02. The van der Waals surface area contributed by atoms with Gasteiger partial charge in [-0.3, -0.25) is 4.79 Å². The number of carbonyl (C=O) groups is 1. The molecule has 0 N–H and O–H groups in total. The fourth-order valence-electron chi connectivity index (χ4n) is 2.16. The molecule has 0 saturated carbocycles. The summed E-state index contributed by atoms with van der Waals surface area (Å²) in [4.78, 5) is 12.1. The molecule has 2 rings (SSSR count). The summed E-state index contributed by atoms with van der Waals surface area (Å²) in [5.74, 6) is 1.87. The van der Waals surface area contributed by atoms with Gasteiger partial charge in [0.15, 0.2) is 5.78 Å². The summed E-state index contributed by atoms with van der Waals surface area (Å²) < 4.78 is 11.7. The van der Waals surface area contributed by atoms with Gasteiger partial charge in [-0.05, 0) is 30.0 Å². The molecule has 0 aliphatic rings. The molecule has 0 fully saturated rings. The molecule has 24 heavy (non-hydrogen) atoms. The maximum Gasteiger partial charge on any atom is 0.177 e. The second kappa shape index (κ2) is 9.48. The van der Waals surface area contributed by atoms with Crippen LogP contribution in [0.15, 0.2) is 48.5 Å². The van der Waals surface area contributed by atoms with Crippen molar-refractivity contribution < 1.29 is 14.3 Å². The molecule has 2 aromatic carbocycles. The number of ketones is 1. The molecule has 0 bridgehead atoms. The van der Waals surface area contributed by atoms with Crippen LogP contribution in [-0.2, 0) is 6.61 Å². The number of Topliss-reactive ketones (excluding diaryl/α,β-unsaturated/α-hetero) is 1. The third kappa shape index (κ3) is 5.68. The van der Waals surface area contributed by atoms with E-state index in [0.29, 0.717) is 30.4 Å². The number of hydrogen-bond acceptors (Lipinski definition) is 3. The highest BCUT2D eigenvalue weighted by atomic mass is 79.9. The Morgan fingerprint density at radius 3 is 2.50 bits per heavy atom. The van der Waals surface area contributed by atoms with Gasteiger partial charge in [0.05, 0.1) is 17.5 Å². The van der Waals surface area contributed by atoms with Crippen LogP contribution in [0.3, 0.4) is 0 Å². The smallest absolute Gasteiger partial charge is 0.177 e. The van der Waals surface area contributed by atoms with Gasteiger partial charge < -0.3 is 9.47 Å². The molecule has 0 aliphatic heterocycles. The summed E-state index contributed by atoms with van der Waals surface area (Å²) in [6.45, 7) is 5.39. The van der Waals surface area contributed by atoms with Gasteiger partial charge in [0.25, 0.3) is 0 Å². The molecular formula is C20H23BrO3. The van der Waals surface area contributed by atoms with Gasteiger partial charge in [-0.25, -0.2) is 0 Å². The summed E-state index contributed by atoms with van der Waals surface area (Å²) in [7, 11) is 0. The van der Waals surface area contributed by atoms with Gasteiger partial charge in [0.2, 0.25) is 0 Å². The number of rotatable bonds is 9. The maximum atomic E-state index is 12.1. The van der Waals surface area contributed by atoms with Crippen LogP contribution in [0.1, 0.15) is 36.2 Å². The summed E-state index contributed by atoms with van der Waals surface area (Å²) in [5.41, 5.74) is 1.62. The third-order valence-electron chi connectivity index (χ3n) is 3.58.